The van der Waals surface area contributed by atoms with E-state index in [1.165, 1.54) is 0 Å². The molecule has 1 amide bonds. The van der Waals surface area contributed by atoms with Crippen LogP contribution in [0.1, 0.15) is 32.1 Å². The van der Waals surface area contributed by atoms with Crippen LogP contribution in [-0.2, 0) is 14.6 Å². The molecule has 1 saturated carbocycles. The molecule has 2 aliphatic rings. The topological polar surface area (TPSA) is 83.5 Å². The second kappa shape index (κ2) is 6.22. The lowest BCUT2D eigenvalue weighted by atomic mass is 9.96. The van der Waals surface area contributed by atoms with E-state index in [1.807, 2.05) is 0 Å². The third-order valence-electron chi connectivity index (χ3n) is 4.41. The zero-order valence-electron chi connectivity index (χ0n) is 11.2. The SMILES string of the molecule is O=C(CC1CCS(=O)(=O)C1)NCC1CCCC1CO. The number of hydrogen-bond acceptors (Lipinski definition) is 4. The average molecular weight is 289 g/mol. The molecule has 0 aromatic carbocycles. The van der Waals surface area contributed by atoms with Gasteiger partial charge in [0.05, 0.1) is 11.5 Å². The van der Waals surface area contributed by atoms with Crippen molar-refractivity contribution < 1.29 is 18.3 Å². The summed E-state index contributed by atoms with van der Waals surface area (Å²) in [5.74, 6) is 1.00. The Labute approximate surface area is 114 Å². The van der Waals surface area contributed by atoms with Crippen molar-refractivity contribution in [2.24, 2.45) is 17.8 Å². The number of aliphatic hydroxyl groups is 1. The first kappa shape index (κ1) is 14.8. The Hall–Kier alpha value is -0.620. The van der Waals surface area contributed by atoms with Crippen LogP contribution in [-0.4, -0.2) is 44.1 Å². The van der Waals surface area contributed by atoms with Crippen molar-refractivity contribution in [3.63, 3.8) is 0 Å². The zero-order chi connectivity index (χ0) is 13.9. The summed E-state index contributed by atoms with van der Waals surface area (Å²) in [6, 6.07) is 0. The molecule has 0 aromatic heterocycles. The van der Waals surface area contributed by atoms with Crippen LogP contribution < -0.4 is 5.32 Å². The van der Waals surface area contributed by atoms with Crippen LogP contribution in [0.15, 0.2) is 0 Å². The van der Waals surface area contributed by atoms with Crippen LogP contribution in [0.2, 0.25) is 0 Å². The molecule has 19 heavy (non-hydrogen) atoms. The Morgan fingerprint density at radius 1 is 1.21 bits per heavy atom. The normalized spacial score (nSPS) is 33.4. The maximum Gasteiger partial charge on any atom is 0.220 e. The summed E-state index contributed by atoms with van der Waals surface area (Å²) in [5, 5.41) is 12.1. The summed E-state index contributed by atoms with van der Waals surface area (Å²) in [6.07, 6.45) is 4.14. The van der Waals surface area contributed by atoms with Gasteiger partial charge in [0, 0.05) is 19.6 Å². The molecule has 110 valence electrons. The molecule has 3 atom stereocenters. The van der Waals surface area contributed by atoms with E-state index in [9.17, 15) is 18.3 Å². The number of hydrogen-bond donors (Lipinski definition) is 2. The molecule has 0 spiro atoms. The van der Waals surface area contributed by atoms with Crippen LogP contribution in [0, 0.1) is 17.8 Å². The van der Waals surface area contributed by atoms with E-state index in [2.05, 4.69) is 5.32 Å². The molecule has 0 radical (unpaired) electrons. The average Bonchev–Trinajstić information content (AvgIpc) is 2.92. The molecule has 2 fully saturated rings. The molecular weight excluding hydrogens is 266 g/mol. The number of rotatable bonds is 5. The maximum absolute atomic E-state index is 11.8. The molecule has 3 unspecified atom stereocenters. The van der Waals surface area contributed by atoms with Crippen LogP contribution in [0.25, 0.3) is 0 Å². The predicted molar refractivity (Wildman–Crippen MR) is 72.3 cm³/mol. The number of nitrogens with one attached hydrogen (secondary N) is 1. The van der Waals surface area contributed by atoms with Gasteiger partial charge in [0.15, 0.2) is 9.84 Å². The Kier molecular flexibility index (Phi) is 4.84. The first-order chi connectivity index (χ1) is 9.00. The number of aliphatic hydroxyl groups excluding tert-OH is 1. The van der Waals surface area contributed by atoms with Crippen molar-refractivity contribution in [1.29, 1.82) is 0 Å². The Morgan fingerprint density at radius 2 is 1.95 bits per heavy atom. The largest absolute Gasteiger partial charge is 0.396 e. The second-order valence-corrected chi connectivity index (χ2v) is 8.14. The van der Waals surface area contributed by atoms with Gasteiger partial charge in [0.25, 0.3) is 0 Å². The van der Waals surface area contributed by atoms with Gasteiger partial charge >= 0.3 is 0 Å². The van der Waals surface area contributed by atoms with Gasteiger partial charge in [0.1, 0.15) is 0 Å². The Balaban J connectivity index is 1.70. The highest BCUT2D eigenvalue weighted by Gasteiger charge is 2.30. The van der Waals surface area contributed by atoms with E-state index in [-0.39, 0.29) is 29.9 Å². The number of amides is 1. The van der Waals surface area contributed by atoms with Gasteiger partial charge in [0.2, 0.25) is 5.91 Å². The van der Waals surface area contributed by atoms with Gasteiger partial charge in [-0.1, -0.05) is 6.42 Å². The highest BCUT2D eigenvalue weighted by Crippen LogP contribution is 2.30. The Bertz CT molecular complexity index is 420. The molecule has 1 saturated heterocycles. The molecular formula is C13H23NO4S. The molecule has 6 heteroatoms. The molecule has 2 N–H and O–H groups in total. The van der Waals surface area contributed by atoms with Gasteiger partial charge in [-0.15, -0.1) is 0 Å². The number of carbonyl (C=O) groups excluding carboxylic acids is 1. The second-order valence-electron chi connectivity index (χ2n) is 5.91. The lowest BCUT2D eigenvalue weighted by Crippen LogP contribution is -2.32. The van der Waals surface area contributed by atoms with Crippen LogP contribution in [0.4, 0.5) is 0 Å². The van der Waals surface area contributed by atoms with Gasteiger partial charge in [-0.2, -0.15) is 0 Å². The molecule has 1 heterocycles. The molecule has 5 nitrogen and oxygen atoms in total. The Morgan fingerprint density at radius 3 is 2.58 bits per heavy atom. The molecule has 0 aromatic rings. The van der Waals surface area contributed by atoms with Crippen molar-refractivity contribution in [2.45, 2.75) is 32.1 Å². The van der Waals surface area contributed by atoms with E-state index in [0.717, 1.165) is 19.3 Å². The summed E-state index contributed by atoms with van der Waals surface area (Å²) in [5.41, 5.74) is 0. The lowest BCUT2D eigenvalue weighted by molar-refractivity contribution is -0.122. The minimum Gasteiger partial charge on any atom is -0.396 e. The lowest BCUT2D eigenvalue weighted by Gasteiger charge is -2.18. The summed E-state index contributed by atoms with van der Waals surface area (Å²) >= 11 is 0. The quantitative estimate of drug-likeness (QED) is 0.764. The summed E-state index contributed by atoms with van der Waals surface area (Å²) in [7, 11) is -2.90. The smallest absolute Gasteiger partial charge is 0.220 e. The van der Waals surface area contributed by atoms with E-state index in [0.29, 0.717) is 31.2 Å². The maximum atomic E-state index is 11.8. The van der Waals surface area contributed by atoms with Gasteiger partial charge in [-0.3, -0.25) is 4.79 Å². The van der Waals surface area contributed by atoms with E-state index >= 15 is 0 Å². The predicted octanol–water partition coefficient (Wildman–Crippen LogP) is 0.336. The first-order valence-electron chi connectivity index (χ1n) is 7.08. The van der Waals surface area contributed by atoms with Crippen molar-refractivity contribution in [1.82, 2.24) is 5.32 Å². The number of carbonyl (C=O) groups is 1. The van der Waals surface area contributed by atoms with Gasteiger partial charge in [-0.25, -0.2) is 8.42 Å². The van der Waals surface area contributed by atoms with Crippen molar-refractivity contribution in [3.8, 4) is 0 Å². The highest BCUT2D eigenvalue weighted by atomic mass is 32.2. The fraction of sp³-hybridized carbons (Fsp3) is 0.923. The van der Waals surface area contributed by atoms with Gasteiger partial charge < -0.3 is 10.4 Å². The molecule has 2 rings (SSSR count). The molecule has 0 bridgehead atoms. The third-order valence-corrected chi connectivity index (χ3v) is 6.25. The number of sulfone groups is 1. The standard InChI is InChI=1S/C13H23NO4S/c15-8-12-3-1-2-11(12)7-14-13(16)6-10-4-5-19(17,18)9-10/h10-12,15H,1-9H2,(H,14,16). The van der Waals surface area contributed by atoms with Crippen LogP contribution in [0.5, 0.6) is 0 Å². The summed E-state index contributed by atoms with van der Waals surface area (Å²) < 4.78 is 22.6. The monoisotopic (exact) mass is 289 g/mol. The first-order valence-corrected chi connectivity index (χ1v) is 8.90. The molecule has 1 aliphatic heterocycles. The fourth-order valence-electron chi connectivity index (χ4n) is 3.24. The van der Waals surface area contributed by atoms with Crippen LogP contribution in [0.3, 0.4) is 0 Å². The minimum absolute atomic E-state index is 0.0118. The van der Waals surface area contributed by atoms with Crippen molar-refractivity contribution >= 4 is 15.7 Å². The van der Waals surface area contributed by atoms with Gasteiger partial charge in [-0.05, 0) is 37.0 Å². The van der Waals surface area contributed by atoms with Crippen molar-refractivity contribution in [2.75, 3.05) is 24.7 Å². The zero-order valence-corrected chi connectivity index (χ0v) is 12.0. The highest BCUT2D eigenvalue weighted by molar-refractivity contribution is 7.91. The van der Waals surface area contributed by atoms with E-state index < -0.39 is 9.84 Å². The minimum atomic E-state index is -2.90. The third kappa shape index (κ3) is 4.18. The summed E-state index contributed by atoms with van der Waals surface area (Å²) in [6.45, 7) is 0.810. The van der Waals surface area contributed by atoms with E-state index in [4.69, 9.17) is 0 Å². The fourth-order valence-corrected chi connectivity index (χ4v) is 5.10. The van der Waals surface area contributed by atoms with Crippen LogP contribution >= 0.6 is 0 Å². The van der Waals surface area contributed by atoms with Crippen molar-refractivity contribution in [3.05, 3.63) is 0 Å². The van der Waals surface area contributed by atoms with E-state index in [1.54, 1.807) is 0 Å². The summed E-state index contributed by atoms with van der Waals surface area (Å²) in [4.78, 5) is 11.8. The molecule has 1 aliphatic carbocycles.